The lowest BCUT2D eigenvalue weighted by Crippen LogP contribution is -2.33. The molecular formula is C22H26N2O5S. The Morgan fingerprint density at radius 1 is 1.23 bits per heavy atom. The quantitative estimate of drug-likeness (QED) is 0.615. The molecule has 0 saturated heterocycles. The zero-order valence-electron chi connectivity index (χ0n) is 17.5. The molecule has 1 aromatic heterocycles. The molecule has 0 unspecified atom stereocenters. The topological polar surface area (TPSA) is 79.3 Å². The van der Waals surface area contributed by atoms with Crippen LogP contribution in [0.1, 0.15) is 27.7 Å². The minimum absolute atomic E-state index is 0.0684. The fourth-order valence-electron chi connectivity index (χ4n) is 3.59. The van der Waals surface area contributed by atoms with Gasteiger partial charge in [-0.15, -0.1) is 11.3 Å². The lowest BCUT2D eigenvalue weighted by molar-refractivity contribution is -0.129. The minimum atomic E-state index is -0.765. The second kappa shape index (κ2) is 9.32. The summed E-state index contributed by atoms with van der Waals surface area (Å²) in [6.07, 6.45) is 0.690. The van der Waals surface area contributed by atoms with Gasteiger partial charge in [0.05, 0.1) is 30.7 Å². The first-order valence-corrected chi connectivity index (χ1v) is 10.5. The number of aliphatic hydroxyl groups is 1. The molecule has 30 heavy (non-hydrogen) atoms. The Kier molecular flexibility index (Phi) is 6.79. The van der Waals surface area contributed by atoms with E-state index in [0.717, 1.165) is 6.54 Å². The molecule has 0 radical (unpaired) electrons. The number of aliphatic hydroxyl groups excluding tert-OH is 1. The zero-order valence-corrected chi connectivity index (χ0v) is 18.4. The molecule has 7 nitrogen and oxygen atoms in total. The first kappa shape index (κ1) is 21.9. The summed E-state index contributed by atoms with van der Waals surface area (Å²) in [6.45, 7) is 1.15. The summed E-state index contributed by atoms with van der Waals surface area (Å²) in [5.74, 6) is -0.337. The molecule has 2 aromatic rings. The third-order valence-corrected chi connectivity index (χ3v) is 5.90. The van der Waals surface area contributed by atoms with Gasteiger partial charge in [0.2, 0.25) is 5.78 Å². The van der Waals surface area contributed by atoms with Crippen molar-refractivity contribution < 1.29 is 24.2 Å². The van der Waals surface area contributed by atoms with Crippen molar-refractivity contribution in [2.75, 3.05) is 41.4 Å². The highest BCUT2D eigenvalue weighted by Crippen LogP contribution is 2.43. The lowest BCUT2D eigenvalue weighted by Gasteiger charge is -2.28. The number of benzene rings is 1. The van der Waals surface area contributed by atoms with Crippen molar-refractivity contribution in [1.82, 2.24) is 9.80 Å². The molecule has 1 aromatic carbocycles. The molecule has 0 fully saturated rings. The van der Waals surface area contributed by atoms with E-state index in [-0.39, 0.29) is 11.4 Å². The Hall–Kier alpha value is -2.84. The van der Waals surface area contributed by atoms with Crippen LogP contribution in [0.2, 0.25) is 0 Å². The van der Waals surface area contributed by atoms with E-state index in [1.807, 2.05) is 19.0 Å². The third kappa shape index (κ3) is 4.20. The van der Waals surface area contributed by atoms with Gasteiger partial charge >= 0.3 is 0 Å². The van der Waals surface area contributed by atoms with Crippen molar-refractivity contribution in [2.24, 2.45) is 0 Å². The highest BCUT2D eigenvalue weighted by Gasteiger charge is 2.45. The van der Waals surface area contributed by atoms with E-state index >= 15 is 0 Å². The zero-order chi connectivity index (χ0) is 21.8. The molecule has 160 valence electrons. The van der Waals surface area contributed by atoms with Crippen LogP contribution in [0, 0.1) is 0 Å². The van der Waals surface area contributed by atoms with Gasteiger partial charge in [0.1, 0.15) is 11.5 Å². The Bertz CT molecular complexity index is 952. The van der Waals surface area contributed by atoms with Crippen molar-refractivity contribution in [2.45, 2.75) is 12.5 Å². The van der Waals surface area contributed by atoms with E-state index in [0.29, 0.717) is 34.9 Å². The lowest BCUT2D eigenvalue weighted by atomic mass is 9.94. The fraction of sp³-hybridized carbons (Fsp3) is 0.364. The maximum absolute atomic E-state index is 13.3. The SMILES string of the molecule is COc1ccc(OC)c([C@H]2C(C(=O)c3cccs3)=C(O)C(=O)N2CCCN(C)C)c1. The van der Waals surface area contributed by atoms with Crippen LogP contribution in [0.15, 0.2) is 47.0 Å². The first-order chi connectivity index (χ1) is 14.4. The van der Waals surface area contributed by atoms with E-state index in [4.69, 9.17) is 9.47 Å². The minimum Gasteiger partial charge on any atom is -0.503 e. The maximum Gasteiger partial charge on any atom is 0.290 e. The molecule has 1 atom stereocenters. The Morgan fingerprint density at radius 3 is 2.60 bits per heavy atom. The highest BCUT2D eigenvalue weighted by atomic mass is 32.1. The first-order valence-electron chi connectivity index (χ1n) is 9.58. The summed E-state index contributed by atoms with van der Waals surface area (Å²) < 4.78 is 10.9. The van der Waals surface area contributed by atoms with Gasteiger partial charge in [0, 0.05) is 12.1 Å². The smallest absolute Gasteiger partial charge is 0.290 e. The largest absolute Gasteiger partial charge is 0.503 e. The van der Waals surface area contributed by atoms with Gasteiger partial charge < -0.3 is 24.4 Å². The van der Waals surface area contributed by atoms with Crippen molar-refractivity contribution in [3.63, 3.8) is 0 Å². The number of nitrogens with zero attached hydrogens (tertiary/aromatic N) is 2. The summed E-state index contributed by atoms with van der Waals surface area (Å²) in [4.78, 5) is 30.3. The standard InChI is InChI=1S/C22H26N2O5S/c1-23(2)10-6-11-24-19(15-13-14(28-3)8-9-16(15)29-4)18(21(26)22(24)27)20(25)17-7-5-12-30-17/h5,7-9,12-13,19,26H,6,10-11H2,1-4H3/t19-/m0/s1. The molecule has 1 amide bonds. The molecule has 1 aliphatic heterocycles. The van der Waals surface area contributed by atoms with Gasteiger partial charge in [0.25, 0.3) is 5.91 Å². The van der Waals surface area contributed by atoms with E-state index in [1.165, 1.54) is 23.3 Å². The number of carbonyl (C=O) groups is 2. The molecule has 2 heterocycles. The van der Waals surface area contributed by atoms with Crippen LogP contribution in [0.3, 0.4) is 0 Å². The number of carbonyl (C=O) groups excluding carboxylic acids is 2. The molecular weight excluding hydrogens is 404 g/mol. The molecule has 8 heteroatoms. The van der Waals surface area contributed by atoms with E-state index in [2.05, 4.69) is 0 Å². The molecule has 3 rings (SSSR count). The number of rotatable bonds is 9. The van der Waals surface area contributed by atoms with Crippen molar-refractivity contribution in [3.05, 3.63) is 57.5 Å². The number of ketones is 1. The summed E-state index contributed by atoms with van der Waals surface area (Å²) in [7, 11) is 6.99. The van der Waals surface area contributed by atoms with Gasteiger partial charge in [-0.05, 0) is 56.7 Å². The predicted octanol–water partition coefficient (Wildman–Crippen LogP) is 3.30. The van der Waals surface area contributed by atoms with Gasteiger partial charge in [-0.3, -0.25) is 9.59 Å². The number of methoxy groups -OCH3 is 2. The van der Waals surface area contributed by atoms with Gasteiger partial charge in [0.15, 0.2) is 5.76 Å². The molecule has 1 N–H and O–H groups in total. The number of thiophene rings is 1. The number of hydrogen-bond donors (Lipinski definition) is 1. The van der Waals surface area contributed by atoms with Gasteiger partial charge in [-0.25, -0.2) is 0 Å². The van der Waals surface area contributed by atoms with Crippen molar-refractivity contribution in [3.8, 4) is 11.5 Å². The van der Waals surface area contributed by atoms with Gasteiger partial charge in [-0.2, -0.15) is 0 Å². The van der Waals surface area contributed by atoms with E-state index < -0.39 is 17.7 Å². The van der Waals surface area contributed by atoms with Crippen LogP contribution in [0.5, 0.6) is 11.5 Å². The Morgan fingerprint density at radius 2 is 2.00 bits per heavy atom. The second-order valence-electron chi connectivity index (χ2n) is 7.23. The number of amides is 1. The summed E-state index contributed by atoms with van der Waals surface area (Å²) in [5, 5.41) is 12.5. The van der Waals surface area contributed by atoms with Crippen LogP contribution in [-0.2, 0) is 4.79 Å². The summed E-state index contributed by atoms with van der Waals surface area (Å²) >= 11 is 1.27. The molecule has 0 spiro atoms. The van der Waals surface area contributed by atoms with E-state index in [1.54, 1.807) is 42.8 Å². The molecule has 1 aliphatic rings. The second-order valence-corrected chi connectivity index (χ2v) is 8.18. The van der Waals surface area contributed by atoms with Crippen molar-refractivity contribution >= 4 is 23.0 Å². The van der Waals surface area contributed by atoms with Crippen LogP contribution < -0.4 is 9.47 Å². The number of ether oxygens (including phenoxy) is 2. The van der Waals surface area contributed by atoms with E-state index in [9.17, 15) is 14.7 Å². The number of Topliss-reactive ketones (excluding diaryl/α,β-unsaturated/α-hetero) is 1. The Balaban J connectivity index is 2.10. The maximum atomic E-state index is 13.3. The summed E-state index contributed by atoms with van der Waals surface area (Å²) in [6, 6.07) is 7.92. The number of hydrogen-bond acceptors (Lipinski definition) is 7. The van der Waals surface area contributed by atoms with Crippen molar-refractivity contribution in [1.29, 1.82) is 0 Å². The average Bonchev–Trinajstić information content (AvgIpc) is 3.35. The third-order valence-electron chi connectivity index (χ3n) is 5.03. The van der Waals surface area contributed by atoms with Crippen LogP contribution >= 0.6 is 11.3 Å². The van der Waals surface area contributed by atoms with Crippen LogP contribution in [0.4, 0.5) is 0 Å². The Labute approximate surface area is 180 Å². The summed E-state index contributed by atoms with van der Waals surface area (Å²) in [5.41, 5.74) is 0.665. The normalized spacial score (nSPS) is 16.5. The monoisotopic (exact) mass is 430 g/mol. The van der Waals surface area contributed by atoms with Crippen LogP contribution in [0.25, 0.3) is 0 Å². The fourth-order valence-corrected chi connectivity index (χ4v) is 4.27. The molecule has 0 bridgehead atoms. The molecule has 0 saturated carbocycles. The predicted molar refractivity (Wildman–Crippen MR) is 115 cm³/mol. The molecule has 0 aliphatic carbocycles. The highest BCUT2D eigenvalue weighted by molar-refractivity contribution is 7.12. The van der Waals surface area contributed by atoms with Gasteiger partial charge in [-0.1, -0.05) is 6.07 Å². The average molecular weight is 431 g/mol. The van der Waals surface area contributed by atoms with Crippen LogP contribution in [-0.4, -0.2) is 68.0 Å².